The van der Waals surface area contributed by atoms with Crippen molar-refractivity contribution in [1.29, 1.82) is 0 Å². The lowest BCUT2D eigenvalue weighted by atomic mass is 10.1. The highest BCUT2D eigenvalue weighted by Crippen LogP contribution is 2.18. The molecule has 9 heteroatoms. The topological polar surface area (TPSA) is 89.1 Å². The van der Waals surface area contributed by atoms with Gasteiger partial charge in [0.2, 0.25) is 5.91 Å². The normalized spacial score (nSPS) is 24.5. The number of likely N-dealkylation sites (tertiary alicyclic amines) is 1. The average Bonchev–Trinajstić information content (AvgIpc) is 3.04. The number of halogens is 1. The fourth-order valence-electron chi connectivity index (χ4n) is 3.05. The van der Waals surface area contributed by atoms with Crippen LogP contribution in [0.25, 0.3) is 0 Å². The lowest BCUT2D eigenvalue weighted by Gasteiger charge is -2.22. The summed E-state index contributed by atoms with van der Waals surface area (Å²) in [5.41, 5.74) is 0. The first-order chi connectivity index (χ1) is 11.4. The van der Waals surface area contributed by atoms with Crippen molar-refractivity contribution in [3.8, 4) is 0 Å². The second-order valence-corrected chi connectivity index (χ2v) is 6.74. The minimum Gasteiger partial charge on any atom is -0.357 e. The summed E-state index contributed by atoms with van der Waals surface area (Å²) in [5.74, 6) is 1.10. The molecular formula is C16H31IN6O2. The number of nitrogens with zero attached hydrogens (tertiary/aromatic N) is 3. The number of hydrogen-bond acceptors (Lipinski definition) is 4. The molecule has 25 heavy (non-hydrogen) atoms. The minimum atomic E-state index is -0.329. The summed E-state index contributed by atoms with van der Waals surface area (Å²) in [5, 5.41) is 9.25. The van der Waals surface area contributed by atoms with Crippen LogP contribution < -0.4 is 16.0 Å². The van der Waals surface area contributed by atoms with Crippen LogP contribution in [-0.4, -0.2) is 79.0 Å². The van der Waals surface area contributed by atoms with Gasteiger partial charge in [-0.3, -0.25) is 19.6 Å². The van der Waals surface area contributed by atoms with E-state index in [9.17, 15) is 9.59 Å². The van der Waals surface area contributed by atoms with E-state index in [0.29, 0.717) is 31.1 Å². The first kappa shape index (κ1) is 21.9. The molecule has 2 atom stereocenters. The average molecular weight is 466 g/mol. The second kappa shape index (κ2) is 10.1. The highest BCUT2D eigenvalue weighted by molar-refractivity contribution is 14.0. The van der Waals surface area contributed by atoms with Crippen molar-refractivity contribution in [2.24, 2.45) is 10.9 Å². The summed E-state index contributed by atoms with van der Waals surface area (Å²) < 4.78 is 0. The number of carbonyl (C=O) groups excluding carboxylic acids is 2. The van der Waals surface area contributed by atoms with Crippen LogP contribution in [0, 0.1) is 5.92 Å². The summed E-state index contributed by atoms with van der Waals surface area (Å²) in [7, 11) is 0. The fourth-order valence-corrected chi connectivity index (χ4v) is 3.05. The van der Waals surface area contributed by atoms with Gasteiger partial charge >= 0.3 is 6.03 Å². The van der Waals surface area contributed by atoms with E-state index in [1.165, 1.54) is 4.90 Å². The Morgan fingerprint density at radius 3 is 2.60 bits per heavy atom. The van der Waals surface area contributed by atoms with Gasteiger partial charge in [-0.2, -0.15) is 0 Å². The Labute approximate surface area is 167 Å². The zero-order valence-corrected chi connectivity index (χ0v) is 17.9. The van der Waals surface area contributed by atoms with Crippen molar-refractivity contribution < 1.29 is 9.59 Å². The van der Waals surface area contributed by atoms with Crippen LogP contribution in [0.2, 0.25) is 0 Å². The monoisotopic (exact) mass is 466 g/mol. The van der Waals surface area contributed by atoms with Crippen LogP contribution in [0.15, 0.2) is 4.99 Å². The van der Waals surface area contributed by atoms with Gasteiger partial charge in [-0.1, -0.05) is 6.92 Å². The van der Waals surface area contributed by atoms with Crippen molar-refractivity contribution >= 4 is 41.9 Å². The van der Waals surface area contributed by atoms with Gasteiger partial charge in [0, 0.05) is 31.7 Å². The van der Waals surface area contributed by atoms with Gasteiger partial charge in [0.05, 0.1) is 19.6 Å². The molecule has 2 aliphatic rings. The van der Waals surface area contributed by atoms with Gasteiger partial charge in [0.25, 0.3) is 0 Å². The maximum Gasteiger partial charge on any atom is 0.324 e. The molecule has 3 N–H and O–H groups in total. The quantitative estimate of drug-likeness (QED) is 0.229. The third-order valence-corrected chi connectivity index (χ3v) is 4.57. The molecule has 0 spiro atoms. The first-order valence-electron chi connectivity index (χ1n) is 8.79. The summed E-state index contributed by atoms with van der Waals surface area (Å²) in [6, 6.07) is 0.561. The lowest BCUT2D eigenvalue weighted by Crippen LogP contribution is -2.47. The highest BCUT2D eigenvalue weighted by Gasteiger charge is 2.31. The standard InChI is InChI=1S/C16H30N6O2.HI/c1-5-17-15(18-6-7-22-14(23)8-19-16(22)24)20-13-10-21(11(2)3)9-12(13)4;/h11-13H,5-10H2,1-4H3,(H,19,24)(H2,17,18,20);1H. The van der Waals surface area contributed by atoms with Gasteiger partial charge in [-0.05, 0) is 26.7 Å². The number of amides is 3. The maximum absolute atomic E-state index is 11.6. The molecule has 3 amide bonds. The largest absolute Gasteiger partial charge is 0.357 e. The van der Waals surface area contributed by atoms with E-state index in [-0.39, 0.29) is 42.5 Å². The van der Waals surface area contributed by atoms with E-state index in [0.717, 1.165) is 25.6 Å². The third-order valence-electron chi connectivity index (χ3n) is 4.57. The zero-order chi connectivity index (χ0) is 17.7. The molecule has 8 nitrogen and oxygen atoms in total. The number of aliphatic imine (C=N–C) groups is 1. The molecule has 0 aromatic rings. The molecule has 2 saturated heterocycles. The molecule has 0 radical (unpaired) electrons. The number of hydrogen-bond donors (Lipinski definition) is 3. The van der Waals surface area contributed by atoms with Crippen LogP contribution >= 0.6 is 24.0 Å². The van der Waals surface area contributed by atoms with E-state index in [4.69, 9.17) is 0 Å². The van der Waals surface area contributed by atoms with Gasteiger partial charge in [0.15, 0.2) is 5.96 Å². The Bertz CT molecular complexity index is 483. The van der Waals surface area contributed by atoms with Gasteiger partial charge in [-0.15, -0.1) is 24.0 Å². The number of urea groups is 1. The predicted molar refractivity (Wildman–Crippen MR) is 109 cm³/mol. The van der Waals surface area contributed by atoms with Crippen LogP contribution in [0.3, 0.4) is 0 Å². The number of carbonyl (C=O) groups is 2. The number of rotatable bonds is 6. The Balaban J connectivity index is 0.00000312. The molecule has 2 rings (SSSR count). The van der Waals surface area contributed by atoms with Crippen LogP contribution in [-0.2, 0) is 4.79 Å². The fraction of sp³-hybridized carbons (Fsp3) is 0.812. The van der Waals surface area contributed by atoms with Gasteiger partial charge in [0.1, 0.15) is 0 Å². The Kier molecular flexibility index (Phi) is 8.91. The molecular weight excluding hydrogens is 435 g/mol. The molecule has 0 aliphatic carbocycles. The Hall–Kier alpha value is -1.10. The molecule has 2 heterocycles. The lowest BCUT2D eigenvalue weighted by molar-refractivity contribution is -0.124. The molecule has 2 aliphatic heterocycles. The van der Waals surface area contributed by atoms with Gasteiger partial charge in [-0.25, -0.2) is 4.79 Å². The summed E-state index contributed by atoms with van der Waals surface area (Å²) in [6.45, 7) is 12.3. The summed E-state index contributed by atoms with van der Waals surface area (Å²) in [6.07, 6.45) is 0. The zero-order valence-electron chi connectivity index (χ0n) is 15.5. The minimum absolute atomic E-state index is 0. The van der Waals surface area contributed by atoms with Crippen molar-refractivity contribution in [2.75, 3.05) is 39.3 Å². The molecule has 0 bridgehead atoms. The van der Waals surface area contributed by atoms with Crippen LogP contribution in [0.4, 0.5) is 4.79 Å². The van der Waals surface area contributed by atoms with Crippen molar-refractivity contribution in [3.63, 3.8) is 0 Å². The van der Waals surface area contributed by atoms with Crippen LogP contribution in [0.5, 0.6) is 0 Å². The Morgan fingerprint density at radius 1 is 1.36 bits per heavy atom. The Morgan fingerprint density at radius 2 is 2.08 bits per heavy atom. The predicted octanol–water partition coefficient (Wildman–Crippen LogP) is 0.440. The smallest absolute Gasteiger partial charge is 0.324 e. The van der Waals surface area contributed by atoms with E-state index >= 15 is 0 Å². The molecule has 2 unspecified atom stereocenters. The summed E-state index contributed by atoms with van der Waals surface area (Å²) in [4.78, 5) is 31.3. The number of nitrogens with one attached hydrogen (secondary N) is 3. The molecule has 0 aromatic carbocycles. The number of imide groups is 1. The van der Waals surface area contributed by atoms with Crippen molar-refractivity contribution in [2.45, 2.75) is 39.8 Å². The second-order valence-electron chi connectivity index (χ2n) is 6.74. The van der Waals surface area contributed by atoms with Crippen LogP contribution in [0.1, 0.15) is 27.7 Å². The molecule has 0 aromatic heterocycles. The van der Waals surface area contributed by atoms with Crippen molar-refractivity contribution in [3.05, 3.63) is 0 Å². The van der Waals surface area contributed by atoms with E-state index in [2.05, 4.69) is 46.6 Å². The van der Waals surface area contributed by atoms with E-state index in [1.807, 2.05) is 6.92 Å². The summed E-state index contributed by atoms with van der Waals surface area (Å²) >= 11 is 0. The molecule has 2 fully saturated rings. The maximum atomic E-state index is 11.6. The van der Waals surface area contributed by atoms with Crippen molar-refractivity contribution in [1.82, 2.24) is 25.8 Å². The molecule has 144 valence electrons. The molecule has 0 saturated carbocycles. The van der Waals surface area contributed by atoms with E-state index in [1.54, 1.807) is 0 Å². The highest BCUT2D eigenvalue weighted by atomic mass is 127. The third kappa shape index (κ3) is 5.98. The SMILES string of the molecule is CCNC(=NCCN1C(=O)CNC1=O)NC1CN(C(C)C)CC1C.I. The van der Waals surface area contributed by atoms with E-state index < -0.39 is 0 Å². The number of guanidine groups is 1. The van der Waals surface area contributed by atoms with Gasteiger partial charge < -0.3 is 16.0 Å². The first-order valence-corrected chi connectivity index (χ1v) is 8.79.